The highest BCUT2D eigenvalue weighted by Gasteiger charge is 2.35. The number of hydrogen-bond acceptors (Lipinski definition) is 4. The number of likely N-dealkylation sites (N-methyl/N-ethyl adjacent to an activating group) is 1. The van der Waals surface area contributed by atoms with Crippen LogP contribution in [0.5, 0.6) is 0 Å². The second-order valence-corrected chi connectivity index (χ2v) is 13.0. The van der Waals surface area contributed by atoms with E-state index in [0.717, 1.165) is 15.4 Å². The zero-order valence-corrected chi connectivity index (χ0v) is 26.6. The largest absolute Gasteiger partial charge is 0.357 e. The predicted molar refractivity (Wildman–Crippen MR) is 172 cm³/mol. The second-order valence-electron chi connectivity index (χ2n) is 9.87. The van der Waals surface area contributed by atoms with Gasteiger partial charge in [-0.2, -0.15) is 0 Å². The summed E-state index contributed by atoms with van der Waals surface area (Å²) in [5.41, 5.74) is 2.38. The van der Waals surface area contributed by atoms with Crippen LogP contribution < -0.4 is 9.62 Å². The Morgan fingerprint density at radius 3 is 2.14 bits per heavy atom. The number of carbonyl (C=O) groups is 2. The Labute approximate surface area is 267 Å². The minimum atomic E-state index is -4.31. The molecule has 0 aliphatic rings. The van der Waals surface area contributed by atoms with Gasteiger partial charge >= 0.3 is 0 Å². The van der Waals surface area contributed by atoms with Crippen molar-refractivity contribution in [2.24, 2.45) is 0 Å². The number of nitrogens with one attached hydrogen (secondary N) is 1. The first kappa shape index (κ1) is 32.4. The molecule has 43 heavy (non-hydrogen) atoms. The van der Waals surface area contributed by atoms with Gasteiger partial charge in [0.1, 0.15) is 12.6 Å². The third kappa shape index (κ3) is 7.89. The third-order valence-electron chi connectivity index (χ3n) is 6.85. The fourth-order valence-corrected chi connectivity index (χ4v) is 6.67. The van der Waals surface area contributed by atoms with E-state index >= 15 is 0 Å². The molecule has 0 saturated carbocycles. The molecule has 0 spiro atoms. The molecule has 4 aromatic rings. The van der Waals surface area contributed by atoms with Crippen molar-refractivity contribution >= 4 is 62.3 Å². The zero-order valence-electron chi connectivity index (χ0n) is 23.5. The Kier molecular flexibility index (Phi) is 10.7. The molecule has 4 aromatic carbocycles. The minimum absolute atomic E-state index is 0.00793. The Morgan fingerprint density at radius 2 is 1.49 bits per heavy atom. The summed E-state index contributed by atoms with van der Waals surface area (Å²) in [6.07, 6.45) is 0.190. The summed E-state index contributed by atoms with van der Waals surface area (Å²) < 4.78 is 29.1. The van der Waals surface area contributed by atoms with Crippen LogP contribution in [0.15, 0.2) is 102 Å². The maximum atomic E-state index is 14.3. The Morgan fingerprint density at radius 1 is 0.837 bits per heavy atom. The molecular formula is C32H30Cl3N3O4S. The van der Waals surface area contributed by atoms with Crippen LogP contribution in [-0.4, -0.2) is 44.8 Å². The molecule has 0 saturated heterocycles. The van der Waals surface area contributed by atoms with Crippen LogP contribution in [0.1, 0.15) is 16.7 Å². The summed E-state index contributed by atoms with van der Waals surface area (Å²) in [7, 11) is -2.82. The lowest BCUT2D eigenvalue weighted by molar-refractivity contribution is -0.139. The molecule has 11 heteroatoms. The summed E-state index contributed by atoms with van der Waals surface area (Å²) in [5, 5.41) is 3.21. The van der Waals surface area contributed by atoms with Crippen molar-refractivity contribution in [3.8, 4) is 0 Å². The predicted octanol–water partition coefficient (Wildman–Crippen LogP) is 6.54. The van der Waals surface area contributed by atoms with Crippen molar-refractivity contribution in [2.75, 3.05) is 17.9 Å². The maximum absolute atomic E-state index is 14.3. The van der Waals surface area contributed by atoms with Crippen LogP contribution in [0, 0.1) is 6.92 Å². The number of amides is 2. The maximum Gasteiger partial charge on any atom is 0.264 e. The first-order valence-corrected chi connectivity index (χ1v) is 15.9. The van der Waals surface area contributed by atoms with E-state index in [-0.39, 0.29) is 33.6 Å². The molecule has 0 radical (unpaired) electrons. The molecule has 1 unspecified atom stereocenters. The van der Waals surface area contributed by atoms with Gasteiger partial charge in [-0.1, -0.05) is 101 Å². The van der Waals surface area contributed by atoms with Crippen molar-refractivity contribution in [3.63, 3.8) is 0 Å². The van der Waals surface area contributed by atoms with Crippen LogP contribution in [0.2, 0.25) is 15.1 Å². The summed E-state index contributed by atoms with van der Waals surface area (Å²) in [4.78, 5) is 29.0. The highest BCUT2D eigenvalue weighted by Crippen LogP contribution is 2.35. The molecule has 0 heterocycles. The Bertz CT molecular complexity index is 1700. The topological polar surface area (TPSA) is 86.8 Å². The minimum Gasteiger partial charge on any atom is -0.357 e. The quantitative estimate of drug-likeness (QED) is 0.198. The SMILES string of the molecule is CNC(=O)C(Cc1ccccc1)N(Cc1cccc(Cl)c1)C(=O)CN(c1cccc(Cl)c1Cl)S(=O)(=O)c1ccc(C)cc1. The zero-order chi connectivity index (χ0) is 31.1. The molecule has 2 amide bonds. The van der Waals surface area contributed by atoms with E-state index in [0.29, 0.717) is 10.6 Å². The number of nitrogens with zero attached hydrogens (tertiary/aromatic N) is 2. The molecule has 224 valence electrons. The van der Waals surface area contributed by atoms with Gasteiger partial charge in [-0.05, 0) is 54.4 Å². The molecular weight excluding hydrogens is 629 g/mol. The molecule has 4 rings (SSSR count). The monoisotopic (exact) mass is 657 g/mol. The lowest BCUT2D eigenvalue weighted by Gasteiger charge is -2.34. The van der Waals surface area contributed by atoms with Gasteiger partial charge in [0.05, 0.1) is 20.6 Å². The lowest BCUT2D eigenvalue weighted by atomic mass is 10.0. The van der Waals surface area contributed by atoms with E-state index in [1.165, 1.54) is 36.2 Å². The Hall–Kier alpha value is -3.56. The number of anilines is 1. The van der Waals surface area contributed by atoms with Gasteiger partial charge in [0, 0.05) is 25.0 Å². The molecule has 1 atom stereocenters. The number of benzene rings is 4. The summed E-state index contributed by atoms with van der Waals surface area (Å²) >= 11 is 19.0. The molecule has 7 nitrogen and oxygen atoms in total. The highest BCUT2D eigenvalue weighted by atomic mass is 35.5. The van der Waals surface area contributed by atoms with E-state index in [1.54, 1.807) is 42.5 Å². The van der Waals surface area contributed by atoms with E-state index in [4.69, 9.17) is 34.8 Å². The van der Waals surface area contributed by atoms with Gasteiger partial charge in [-0.3, -0.25) is 13.9 Å². The first-order chi connectivity index (χ1) is 20.5. The number of rotatable bonds is 11. The second kappa shape index (κ2) is 14.3. The van der Waals surface area contributed by atoms with Crippen molar-refractivity contribution in [2.45, 2.75) is 30.8 Å². The average molecular weight is 659 g/mol. The molecule has 0 aliphatic heterocycles. The van der Waals surface area contributed by atoms with E-state index in [9.17, 15) is 18.0 Å². The van der Waals surface area contributed by atoms with E-state index < -0.39 is 34.4 Å². The normalized spacial score (nSPS) is 11.9. The van der Waals surface area contributed by atoms with Crippen molar-refractivity contribution in [3.05, 3.63) is 129 Å². The number of carbonyl (C=O) groups excluding carboxylic acids is 2. The number of hydrogen-bond donors (Lipinski definition) is 1. The average Bonchev–Trinajstić information content (AvgIpc) is 2.99. The van der Waals surface area contributed by atoms with Gasteiger partial charge in [-0.15, -0.1) is 0 Å². The molecule has 0 aliphatic carbocycles. The van der Waals surface area contributed by atoms with Crippen molar-refractivity contribution in [1.29, 1.82) is 0 Å². The summed E-state index contributed by atoms with van der Waals surface area (Å²) in [5.74, 6) is -1.04. The van der Waals surface area contributed by atoms with Gasteiger partial charge in [0.25, 0.3) is 10.0 Å². The fourth-order valence-electron chi connectivity index (χ4n) is 4.59. The van der Waals surface area contributed by atoms with Gasteiger partial charge in [-0.25, -0.2) is 8.42 Å². The number of halogens is 3. The standard InChI is InChI=1S/C32H30Cl3N3O4S/c1-22-14-16-26(17-15-22)43(41,42)38(28-13-7-12-27(34)31(28)35)21-30(39)37(20-24-10-6-11-25(33)18-24)29(32(40)36-2)19-23-8-4-3-5-9-23/h3-18,29H,19-21H2,1-2H3,(H,36,40). The van der Waals surface area contributed by atoms with Crippen molar-refractivity contribution in [1.82, 2.24) is 10.2 Å². The number of aryl methyl sites for hydroxylation is 1. The van der Waals surface area contributed by atoms with Gasteiger partial charge in [0.2, 0.25) is 11.8 Å². The van der Waals surface area contributed by atoms with Crippen LogP contribution in [0.25, 0.3) is 0 Å². The highest BCUT2D eigenvalue weighted by molar-refractivity contribution is 7.92. The van der Waals surface area contributed by atoms with Gasteiger partial charge in [0.15, 0.2) is 0 Å². The van der Waals surface area contributed by atoms with Crippen molar-refractivity contribution < 1.29 is 18.0 Å². The van der Waals surface area contributed by atoms with Crippen LogP contribution in [0.4, 0.5) is 5.69 Å². The smallest absolute Gasteiger partial charge is 0.264 e. The van der Waals surface area contributed by atoms with E-state index in [2.05, 4.69) is 5.32 Å². The molecule has 0 bridgehead atoms. The molecule has 1 N–H and O–H groups in total. The molecule has 0 fully saturated rings. The van der Waals surface area contributed by atoms with E-state index in [1.807, 2.05) is 37.3 Å². The number of sulfonamides is 1. The lowest BCUT2D eigenvalue weighted by Crippen LogP contribution is -2.53. The Balaban J connectivity index is 1.82. The molecule has 0 aromatic heterocycles. The third-order valence-corrected chi connectivity index (χ3v) is 9.67. The fraction of sp³-hybridized carbons (Fsp3) is 0.188. The van der Waals surface area contributed by atoms with Gasteiger partial charge < -0.3 is 10.2 Å². The summed E-state index contributed by atoms with van der Waals surface area (Å²) in [6.45, 7) is 1.18. The van der Waals surface area contributed by atoms with Crippen LogP contribution in [-0.2, 0) is 32.6 Å². The first-order valence-electron chi connectivity index (χ1n) is 13.3. The van der Waals surface area contributed by atoms with Crippen LogP contribution in [0.3, 0.4) is 0 Å². The van der Waals surface area contributed by atoms with Crippen LogP contribution >= 0.6 is 34.8 Å². The summed E-state index contributed by atoms with van der Waals surface area (Å²) in [6, 6.07) is 26.0.